The van der Waals surface area contributed by atoms with Gasteiger partial charge < -0.3 is 0 Å². The Hall–Kier alpha value is -2.08. The van der Waals surface area contributed by atoms with E-state index in [4.69, 9.17) is 0 Å². The maximum atomic E-state index is 2.24. The van der Waals surface area contributed by atoms with Crippen molar-refractivity contribution in [2.24, 2.45) is 0 Å². The molecule has 0 fully saturated rings. The number of aryl methyl sites for hydroxylation is 2. The van der Waals surface area contributed by atoms with Gasteiger partial charge in [0.25, 0.3) is 0 Å². The van der Waals surface area contributed by atoms with E-state index >= 15 is 0 Å². The van der Waals surface area contributed by atoms with Gasteiger partial charge in [0.05, 0.1) is 0 Å². The van der Waals surface area contributed by atoms with Crippen molar-refractivity contribution in [1.82, 2.24) is 0 Å². The summed E-state index contributed by atoms with van der Waals surface area (Å²) < 4.78 is 0. The zero-order valence-corrected chi connectivity index (χ0v) is 10.8. The number of benzene rings is 3. The van der Waals surface area contributed by atoms with E-state index in [2.05, 4.69) is 74.5 Å². The van der Waals surface area contributed by atoms with E-state index in [9.17, 15) is 0 Å². The minimum atomic E-state index is 1.28. The fraction of sp³-hybridized carbons (Fsp3) is 0.111. The van der Waals surface area contributed by atoms with Gasteiger partial charge in [-0.2, -0.15) is 0 Å². The summed E-state index contributed by atoms with van der Waals surface area (Å²) in [5.74, 6) is 0. The average molecular weight is 232 g/mol. The van der Waals surface area contributed by atoms with E-state index in [-0.39, 0.29) is 0 Å². The second kappa shape index (κ2) is 4.30. The van der Waals surface area contributed by atoms with Crippen LogP contribution in [0, 0.1) is 13.8 Å². The highest BCUT2D eigenvalue weighted by atomic mass is 14.1. The summed E-state index contributed by atoms with van der Waals surface area (Å²) in [7, 11) is 0. The molecule has 0 nitrogen and oxygen atoms in total. The van der Waals surface area contributed by atoms with Crippen LogP contribution in [0.15, 0.2) is 60.7 Å². The van der Waals surface area contributed by atoms with Crippen molar-refractivity contribution in [1.29, 1.82) is 0 Å². The van der Waals surface area contributed by atoms with Crippen LogP contribution in [0.3, 0.4) is 0 Å². The predicted octanol–water partition coefficient (Wildman–Crippen LogP) is 5.12. The van der Waals surface area contributed by atoms with Crippen molar-refractivity contribution in [3.8, 4) is 11.1 Å². The third kappa shape index (κ3) is 1.70. The van der Waals surface area contributed by atoms with Crippen LogP contribution in [0.4, 0.5) is 0 Å². The lowest BCUT2D eigenvalue weighted by atomic mass is 9.94. The Morgan fingerprint density at radius 3 is 2.17 bits per heavy atom. The lowest BCUT2D eigenvalue weighted by Gasteiger charge is -2.10. The Morgan fingerprint density at radius 1 is 0.611 bits per heavy atom. The first kappa shape index (κ1) is 11.0. The van der Waals surface area contributed by atoms with Crippen molar-refractivity contribution in [2.75, 3.05) is 0 Å². The van der Waals surface area contributed by atoms with E-state index in [0.29, 0.717) is 0 Å². The molecule has 3 aromatic rings. The van der Waals surface area contributed by atoms with E-state index in [1.807, 2.05) is 0 Å². The van der Waals surface area contributed by atoms with E-state index in [1.165, 1.54) is 33.0 Å². The number of rotatable bonds is 1. The monoisotopic (exact) mass is 232 g/mol. The van der Waals surface area contributed by atoms with Gasteiger partial charge in [0.1, 0.15) is 0 Å². The second-order valence-electron chi connectivity index (χ2n) is 4.77. The van der Waals surface area contributed by atoms with Gasteiger partial charge in [-0.05, 0) is 46.9 Å². The van der Waals surface area contributed by atoms with Gasteiger partial charge in [0, 0.05) is 0 Å². The first-order valence-corrected chi connectivity index (χ1v) is 6.32. The Morgan fingerprint density at radius 2 is 1.39 bits per heavy atom. The van der Waals surface area contributed by atoms with E-state index in [1.54, 1.807) is 0 Å². The van der Waals surface area contributed by atoms with Crippen LogP contribution in [0.2, 0.25) is 0 Å². The largest absolute Gasteiger partial charge is 0.0622 e. The summed E-state index contributed by atoms with van der Waals surface area (Å²) in [5, 5.41) is 2.70. The standard InChI is InChI=1S/C18H16/c1-13-11-12-18-16(14(13)2)9-6-10-17(18)15-7-4-3-5-8-15/h3-12H,1-2H3. The molecule has 0 aliphatic carbocycles. The summed E-state index contributed by atoms with van der Waals surface area (Å²) >= 11 is 0. The molecule has 0 spiro atoms. The van der Waals surface area contributed by atoms with Crippen LogP contribution in [-0.2, 0) is 0 Å². The average Bonchev–Trinajstić information content (AvgIpc) is 2.43. The van der Waals surface area contributed by atoms with E-state index < -0.39 is 0 Å². The van der Waals surface area contributed by atoms with Crippen LogP contribution in [0.25, 0.3) is 21.9 Å². The molecule has 0 aromatic heterocycles. The first-order chi connectivity index (χ1) is 8.77. The Balaban J connectivity index is 2.35. The fourth-order valence-corrected chi connectivity index (χ4v) is 2.49. The summed E-state index contributed by atoms with van der Waals surface area (Å²) in [4.78, 5) is 0. The zero-order chi connectivity index (χ0) is 12.5. The van der Waals surface area contributed by atoms with Crippen molar-refractivity contribution in [3.63, 3.8) is 0 Å². The minimum absolute atomic E-state index is 1.28. The minimum Gasteiger partial charge on any atom is -0.0622 e. The van der Waals surface area contributed by atoms with Gasteiger partial charge in [-0.25, -0.2) is 0 Å². The third-order valence-corrected chi connectivity index (χ3v) is 3.69. The molecule has 0 amide bonds. The van der Waals surface area contributed by atoms with Crippen molar-refractivity contribution in [2.45, 2.75) is 13.8 Å². The van der Waals surface area contributed by atoms with Crippen LogP contribution >= 0.6 is 0 Å². The van der Waals surface area contributed by atoms with Gasteiger partial charge in [-0.15, -0.1) is 0 Å². The summed E-state index contributed by atoms with van der Waals surface area (Å²) in [6.07, 6.45) is 0. The molecule has 0 atom stereocenters. The quantitative estimate of drug-likeness (QED) is 0.546. The molecule has 0 bridgehead atoms. The number of hydrogen-bond donors (Lipinski definition) is 0. The number of hydrogen-bond acceptors (Lipinski definition) is 0. The molecule has 3 rings (SSSR count). The molecule has 3 aromatic carbocycles. The molecule has 0 aliphatic heterocycles. The molecule has 0 heterocycles. The van der Waals surface area contributed by atoms with Crippen LogP contribution < -0.4 is 0 Å². The molecule has 0 radical (unpaired) electrons. The predicted molar refractivity (Wildman–Crippen MR) is 78.9 cm³/mol. The van der Waals surface area contributed by atoms with Crippen LogP contribution in [0.1, 0.15) is 11.1 Å². The van der Waals surface area contributed by atoms with Gasteiger partial charge in [0.2, 0.25) is 0 Å². The normalized spacial score (nSPS) is 10.8. The summed E-state index contributed by atoms with van der Waals surface area (Å²) in [6.45, 7) is 4.37. The molecule has 18 heavy (non-hydrogen) atoms. The molecular formula is C18H16. The SMILES string of the molecule is Cc1ccc2c(-c3ccccc3)cccc2c1C. The Bertz CT molecular complexity index is 694. The smallest absolute Gasteiger partial charge is 0.0103 e. The first-order valence-electron chi connectivity index (χ1n) is 6.32. The topological polar surface area (TPSA) is 0 Å². The second-order valence-corrected chi connectivity index (χ2v) is 4.77. The fourth-order valence-electron chi connectivity index (χ4n) is 2.49. The highest BCUT2D eigenvalue weighted by Gasteiger charge is 2.05. The molecule has 0 heteroatoms. The van der Waals surface area contributed by atoms with Gasteiger partial charge >= 0.3 is 0 Å². The van der Waals surface area contributed by atoms with Crippen LogP contribution in [0.5, 0.6) is 0 Å². The van der Waals surface area contributed by atoms with Gasteiger partial charge in [0.15, 0.2) is 0 Å². The summed E-state index contributed by atoms with van der Waals surface area (Å²) in [5.41, 5.74) is 5.33. The Kier molecular flexibility index (Phi) is 2.64. The Labute approximate surface area is 108 Å². The van der Waals surface area contributed by atoms with Crippen LogP contribution in [-0.4, -0.2) is 0 Å². The lowest BCUT2D eigenvalue weighted by molar-refractivity contribution is 1.38. The van der Waals surface area contributed by atoms with E-state index in [0.717, 1.165) is 0 Å². The molecule has 88 valence electrons. The third-order valence-electron chi connectivity index (χ3n) is 3.69. The summed E-state index contributed by atoms with van der Waals surface area (Å²) in [6, 6.07) is 21.6. The maximum Gasteiger partial charge on any atom is -0.0103 e. The van der Waals surface area contributed by atoms with Crippen molar-refractivity contribution < 1.29 is 0 Å². The maximum absolute atomic E-state index is 2.24. The van der Waals surface area contributed by atoms with Crippen molar-refractivity contribution in [3.05, 3.63) is 71.8 Å². The van der Waals surface area contributed by atoms with Gasteiger partial charge in [-0.1, -0.05) is 60.7 Å². The molecule has 0 saturated carbocycles. The van der Waals surface area contributed by atoms with Gasteiger partial charge in [-0.3, -0.25) is 0 Å². The lowest BCUT2D eigenvalue weighted by Crippen LogP contribution is -1.86. The molecule has 0 saturated heterocycles. The van der Waals surface area contributed by atoms with Crippen molar-refractivity contribution >= 4 is 10.8 Å². The molecule has 0 unspecified atom stereocenters. The highest BCUT2D eigenvalue weighted by Crippen LogP contribution is 2.31. The zero-order valence-electron chi connectivity index (χ0n) is 10.8. The molecule has 0 N–H and O–H groups in total. The highest BCUT2D eigenvalue weighted by molar-refractivity contribution is 5.98. The molecular weight excluding hydrogens is 216 g/mol. The number of fused-ring (bicyclic) bond motifs is 1. The molecule has 0 aliphatic rings.